The molecule has 3 aromatic heterocycles. The molecule has 0 radical (unpaired) electrons. The molecule has 0 bridgehead atoms. The van der Waals surface area contributed by atoms with E-state index in [2.05, 4.69) is 89.1 Å². The lowest BCUT2D eigenvalue weighted by atomic mass is 9.98. The maximum atomic E-state index is 15.0. The average Bonchev–Trinajstić information content (AvgIpc) is 1.69. The monoisotopic (exact) mass is 1700 g/mol. The first-order chi connectivity index (χ1) is 57.4. The fourth-order valence-corrected chi connectivity index (χ4v) is 15.2. The summed E-state index contributed by atoms with van der Waals surface area (Å²) in [6, 6.07) is -7.22. The van der Waals surface area contributed by atoms with E-state index in [0.717, 1.165) is 4.90 Å². The number of carbonyl (C=O) groups is 17. The second kappa shape index (κ2) is 44.4. The number of aliphatic hydroxyl groups is 1. The molecule has 0 spiro atoms. The van der Waals surface area contributed by atoms with Gasteiger partial charge in [0.15, 0.2) is 0 Å². The van der Waals surface area contributed by atoms with E-state index in [0.29, 0.717) is 38.6 Å². The van der Waals surface area contributed by atoms with E-state index >= 15 is 4.79 Å². The normalized spacial score (nSPS) is 25.9. The maximum Gasteiger partial charge on any atom is 0.305 e. The molecule has 39 nitrogen and oxygen atoms in total. The molecule has 8 rings (SSSR count). The largest absolute Gasteiger partial charge is 0.481 e. The lowest BCUT2D eigenvalue weighted by Crippen LogP contribution is -2.62. The highest BCUT2D eigenvalue weighted by molar-refractivity contribution is 7.98. The average molecular weight is 1700 g/mol. The van der Waals surface area contributed by atoms with Crippen LogP contribution >= 0.6 is 11.8 Å². The Morgan fingerprint density at radius 1 is 0.471 bits per heavy atom. The van der Waals surface area contributed by atoms with E-state index < -0.39 is 223 Å². The van der Waals surface area contributed by atoms with Crippen molar-refractivity contribution in [2.75, 3.05) is 31.6 Å². The van der Waals surface area contributed by atoms with Crippen molar-refractivity contribution in [1.29, 1.82) is 0 Å². The van der Waals surface area contributed by atoms with Crippen LogP contribution in [0.4, 0.5) is 0 Å². The van der Waals surface area contributed by atoms with Gasteiger partial charge in [-0.1, -0.05) is 77.9 Å². The van der Waals surface area contributed by atoms with Crippen molar-refractivity contribution >= 4 is 134 Å². The van der Waals surface area contributed by atoms with Crippen molar-refractivity contribution in [2.24, 2.45) is 17.8 Å². The summed E-state index contributed by atoms with van der Waals surface area (Å²) in [5, 5.41) is 66.1. The second-order valence-corrected chi connectivity index (χ2v) is 33.0. The van der Waals surface area contributed by atoms with Crippen molar-refractivity contribution < 1.29 is 96.8 Å². The molecule has 5 aromatic rings. The van der Waals surface area contributed by atoms with Crippen LogP contribution in [0, 0.1) is 17.8 Å². The fourth-order valence-electron chi connectivity index (χ4n) is 14.7. The molecular weight excluding hydrogens is 1590 g/mol. The van der Waals surface area contributed by atoms with Gasteiger partial charge in [0.1, 0.15) is 84.6 Å². The Labute approximate surface area is 702 Å². The molecule has 3 aliphatic rings. The van der Waals surface area contributed by atoms with Gasteiger partial charge < -0.3 is 109 Å². The standard InChI is InChI=1S/C81H113N19O20S/c1-40(2)29-55-70(109)85-38-63(102)89-53(23-24-64(103)104)72(111)93-56(30-41(3)4)77(116)97-66(42(5)6)79(118)96-57(31-46-35-83-51-19-13-11-17-49(46)51)73(112)88-44(8)69(108)98-67(45(9)101)81(120)100-27-16-22-62(100)80(119)99-26-15-21-61(99)78(117)95-60(34-65(105)106)76(115)90-54(25-28-121-10)71(110)87-43(7)68(107)91-58(32-47-36-84-52-20-14-12-18-50(47)52)74(113)94-59(75(114)92-55)33-48-37-82-39-86-48/h11-14,17-20,35-37,39-45,53-62,66-67,83-84,101H,15-16,21-34,38H2,1-10H3,(H,82,86)(H,85,109)(H,87,110)(H,88,112)(H,89,102)(H,90,115)(H,91,107)(H,92,114)(H,93,111)(H,94,113)(H,95,117)(H,96,118)(H,97,116)(H,98,108)(H,103,104)(H,105,106)/t43-,44-,45+,53-,54-,55-,56-,57-,58-,59-,60-,61-,62+,66-,67-/m0/s1. The number of aromatic nitrogens is 4. The number of aliphatic hydroxyl groups excluding tert-OH is 1. The molecule has 15 amide bonds. The van der Waals surface area contributed by atoms with Gasteiger partial charge >= 0.3 is 11.9 Å². The highest BCUT2D eigenvalue weighted by Crippen LogP contribution is 2.28. The van der Waals surface area contributed by atoms with Gasteiger partial charge in [0, 0.05) is 84.9 Å². The predicted molar refractivity (Wildman–Crippen MR) is 441 cm³/mol. The number of carboxylic acid groups (broad SMARTS) is 2. The van der Waals surface area contributed by atoms with Gasteiger partial charge in [0.25, 0.3) is 0 Å². The van der Waals surface area contributed by atoms with Crippen molar-refractivity contribution in [1.82, 2.24) is 98.9 Å². The minimum atomic E-state index is -1.87. The number of carbonyl (C=O) groups excluding carboxylic acids is 15. The number of aromatic amines is 3. The molecule has 6 heterocycles. The highest BCUT2D eigenvalue weighted by atomic mass is 32.2. The summed E-state index contributed by atoms with van der Waals surface area (Å²) >= 11 is 1.27. The smallest absolute Gasteiger partial charge is 0.305 e. The number of hydrogen-bond acceptors (Lipinski definition) is 20. The number of rotatable bonds is 20. The van der Waals surface area contributed by atoms with Crippen molar-refractivity contribution in [3.05, 3.63) is 90.3 Å². The number of H-pyrrole nitrogens is 3. The molecule has 658 valence electrons. The molecule has 0 aliphatic carbocycles. The Morgan fingerprint density at radius 2 is 0.917 bits per heavy atom. The molecule has 0 saturated carbocycles. The SMILES string of the molecule is CSCC[C@@H]1NC(=O)[C@H](CC(=O)O)NC(=O)[C@@H]2CCCN2C(=O)[C@H]2CCCN2C(=O)[C@H]([C@@H](C)O)NC(=O)[C@H](C)NC(=O)[C@H](Cc2c[nH]c3ccccc23)NC(=O)[C@H](C(C)C)NC(=O)[C@H](CC(C)C)NC(=O)[C@H](CCC(=O)O)NC(=O)CNC(=O)[C@H](CC(C)C)NC(=O)[C@H](Cc2cnc[nH]2)NC(=O)[C@H](Cc2c[nH]c3ccccc23)NC(=O)[C@H](C)NC1=O. The summed E-state index contributed by atoms with van der Waals surface area (Å²) in [7, 11) is 0. The number of amides is 15. The summed E-state index contributed by atoms with van der Waals surface area (Å²) < 4.78 is 0. The van der Waals surface area contributed by atoms with Crippen LogP contribution in [0.2, 0.25) is 0 Å². The molecule has 40 heteroatoms. The van der Waals surface area contributed by atoms with Crippen LogP contribution in [0.5, 0.6) is 0 Å². The summed E-state index contributed by atoms with van der Waals surface area (Å²) in [5.74, 6) is -18.3. The Balaban J connectivity index is 1.12. The van der Waals surface area contributed by atoms with E-state index in [4.69, 9.17) is 0 Å². The third-order valence-corrected chi connectivity index (χ3v) is 21.8. The molecule has 19 N–H and O–H groups in total. The number of benzene rings is 2. The summed E-state index contributed by atoms with van der Waals surface area (Å²) in [6.45, 7) is 12.9. The van der Waals surface area contributed by atoms with Crippen molar-refractivity contribution in [3.8, 4) is 0 Å². The van der Waals surface area contributed by atoms with Crippen molar-refractivity contribution in [3.63, 3.8) is 0 Å². The van der Waals surface area contributed by atoms with Crippen LogP contribution in [0.1, 0.15) is 143 Å². The van der Waals surface area contributed by atoms with Gasteiger partial charge in [-0.05, 0) is 125 Å². The van der Waals surface area contributed by atoms with Crippen LogP contribution in [0.3, 0.4) is 0 Å². The number of imidazole rings is 1. The molecule has 3 saturated heterocycles. The Bertz CT molecular complexity index is 4570. The Hall–Kier alpha value is -12.0. The second-order valence-electron chi connectivity index (χ2n) is 32.0. The zero-order chi connectivity index (χ0) is 88.6. The lowest BCUT2D eigenvalue weighted by Gasteiger charge is -2.34. The first kappa shape index (κ1) is 94.5. The van der Waals surface area contributed by atoms with Crippen LogP contribution in [-0.4, -0.2) is 268 Å². The quantitative estimate of drug-likeness (QED) is 0.0426. The number of nitrogens with zero attached hydrogens (tertiary/aromatic N) is 3. The van der Waals surface area contributed by atoms with E-state index in [9.17, 15) is 92.0 Å². The third kappa shape index (κ3) is 26.8. The number of hydrogen-bond donors (Lipinski definition) is 19. The molecule has 3 aliphatic heterocycles. The number of nitrogens with one attached hydrogen (secondary N) is 16. The van der Waals surface area contributed by atoms with E-state index in [-0.39, 0.29) is 94.9 Å². The first-order valence-electron chi connectivity index (χ1n) is 40.6. The van der Waals surface area contributed by atoms with E-state index in [1.807, 2.05) is 0 Å². The Morgan fingerprint density at radius 3 is 1.45 bits per heavy atom. The van der Waals surface area contributed by atoms with E-state index in [1.165, 1.54) is 50.0 Å². The molecule has 2 aromatic carbocycles. The number of carboxylic acids is 2. The lowest BCUT2D eigenvalue weighted by molar-refractivity contribution is -0.149. The Kier molecular flexibility index (Phi) is 34.6. The first-order valence-corrected chi connectivity index (χ1v) is 42.0. The summed E-state index contributed by atoms with van der Waals surface area (Å²) in [6.07, 6.45) is 3.34. The molecule has 0 unspecified atom stereocenters. The summed E-state index contributed by atoms with van der Waals surface area (Å²) in [5.41, 5.74) is 2.70. The van der Waals surface area contributed by atoms with Crippen LogP contribution < -0.4 is 69.1 Å². The van der Waals surface area contributed by atoms with Gasteiger partial charge in [-0.2, -0.15) is 11.8 Å². The third-order valence-electron chi connectivity index (χ3n) is 21.2. The molecular formula is C81H113N19O20S. The van der Waals surface area contributed by atoms with Crippen LogP contribution in [-0.2, 0) is 101 Å². The van der Waals surface area contributed by atoms with Gasteiger partial charge in [0.05, 0.1) is 25.4 Å². The van der Waals surface area contributed by atoms with Gasteiger partial charge in [0.2, 0.25) is 88.6 Å². The maximum absolute atomic E-state index is 15.0. The number of aliphatic carboxylic acids is 2. The molecule has 15 atom stereocenters. The van der Waals surface area contributed by atoms with E-state index in [1.54, 1.807) is 109 Å². The molecule has 121 heavy (non-hydrogen) atoms. The predicted octanol–water partition coefficient (Wildman–Crippen LogP) is -1.41. The topological polar surface area (TPSA) is 574 Å². The highest BCUT2D eigenvalue weighted by Gasteiger charge is 2.46. The number of thioether (sulfide) groups is 1. The number of fused-ring (bicyclic) bond motifs is 4. The molecule has 3 fully saturated rings. The number of para-hydroxylation sites is 2. The zero-order valence-electron chi connectivity index (χ0n) is 69.4. The summed E-state index contributed by atoms with van der Waals surface area (Å²) in [4.78, 5) is 259. The minimum absolute atomic E-state index is 0.0168. The van der Waals surface area contributed by atoms with Gasteiger partial charge in [-0.3, -0.25) is 81.5 Å². The van der Waals surface area contributed by atoms with Crippen molar-refractivity contribution in [2.45, 2.75) is 236 Å². The van der Waals surface area contributed by atoms with Gasteiger partial charge in [-0.15, -0.1) is 0 Å². The minimum Gasteiger partial charge on any atom is -0.481 e. The zero-order valence-corrected chi connectivity index (χ0v) is 70.2. The van der Waals surface area contributed by atoms with Crippen LogP contribution in [0.25, 0.3) is 21.8 Å². The van der Waals surface area contributed by atoms with Gasteiger partial charge in [-0.25, -0.2) is 4.98 Å². The fraction of sp³-hybridized carbons (Fsp3) is 0.556. The van der Waals surface area contributed by atoms with Crippen LogP contribution in [0.15, 0.2) is 73.4 Å².